The van der Waals surface area contributed by atoms with Gasteiger partial charge in [-0.05, 0) is 69.5 Å². The van der Waals surface area contributed by atoms with Gasteiger partial charge in [-0.3, -0.25) is 4.79 Å². The van der Waals surface area contributed by atoms with E-state index in [2.05, 4.69) is 33.0 Å². The van der Waals surface area contributed by atoms with Gasteiger partial charge in [0, 0.05) is 11.1 Å². The minimum atomic E-state index is -0.265. The largest absolute Gasteiger partial charge is 0.497 e. The molecule has 1 aliphatic heterocycles. The zero-order valence-electron chi connectivity index (χ0n) is 18.0. The number of methoxy groups -OCH3 is 1. The van der Waals surface area contributed by atoms with Crippen molar-refractivity contribution in [2.75, 3.05) is 20.3 Å². The molecule has 5 heteroatoms. The molecule has 0 aromatic heterocycles. The molecule has 0 spiro atoms. The van der Waals surface area contributed by atoms with Crippen LogP contribution in [0.5, 0.6) is 11.5 Å². The molecule has 3 rings (SSSR count). The fourth-order valence-corrected chi connectivity index (χ4v) is 4.08. The molecule has 1 unspecified atom stereocenters. The van der Waals surface area contributed by atoms with Gasteiger partial charge in [-0.1, -0.05) is 24.3 Å². The number of ether oxygens (including phenoxy) is 3. The van der Waals surface area contributed by atoms with Crippen molar-refractivity contribution in [1.29, 1.82) is 0 Å². The van der Waals surface area contributed by atoms with Gasteiger partial charge < -0.3 is 19.5 Å². The van der Waals surface area contributed by atoms with E-state index in [1.807, 2.05) is 48.5 Å². The van der Waals surface area contributed by atoms with Crippen molar-refractivity contribution in [3.05, 3.63) is 48.5 Å². The summed E-state index contributed by atoms with van der Waals surface area (Å²) in [5, 5.41) is 3.50. The first-order valence-electron chi connectivity index (χ1n) is 10.0. The lowest BCUT2D eigenvalue weighted by molar-refractivity contribution is -0.150. The van der Waals surface area contributed by atoms with Crippen LogP contribution >= 0.6 is 0 Å². The summed E-state index contributed by atoms with van der Waals surface area (Å²) in [7, 11) is 1.66. The SMILES string of the molecule is COc1ccc(-c2ccc(OCCOC(=O)C3CC(C)(C)NC3(C)C)cc2)cc1. The lowest BCUT2D eigenvalue weighted by Crippen LogP contribution is -2.46. The maximum absolute atomic E-state index is 12.5. The van der Waals surface area contributed by atoms with Crippen LogP contribution < -0.4 is 14.8 Å². The smallest absolute Gasteiger partial charge is 0.310 e. The van der Waals surface area contributed by atoms with E-state index in [0.717, 1.165) is 29.0 Å². The van der Waals surface area contributed by atoms with E-state index in [1.54, 1.807) is 7.11 Å². The topological polar surface area (TPSA) is 56.8 Å². The molecule has 5 nitrogen and oxygen atoms in total. The molecule has 156 valence electrons. The third kappa shape index (κ3) is 5.30. The van der Waals surface area contributed by atoms with Gasteiger partial charge in [0.05, 0.1) is 13.0 Å². The number of esters is 1. The number of hydrogen-bond donors (Lipinski definition) is 1. The van der Waals surface area contributed by atoms with Crippen molar-refractivity contribution in [3.8, 4) is 22.6 Å². The van der Waals surface area contributed by atoms with Gasteiger partial charge in [0.15, 0.2) is 0 Å². The van der Waals surface area contributed by atoms with Crippen molar-refractivity contribution in [2.24, 2.45) is 5.92 Å². The molecule has 0 bridgehead atoms. The van der Waals surface area contributed by atoms with E-state index >= 15 is 0 Å². The van der Waals surface area contributed by atoms with E-state index in [-0.39, 0.29) is 29.6 Å². The van der Waals surface area contributed by atoms with Gasteiger partial charge in [-0.25, -0.2) is 0 Å². The van der Waals surface area contributed by atoms with Crippen molar-refractivity contribution >= 4 is 5.97 Å². The number of carbonyl (C=O) groups is 1. The summed E-state index contributed by atoms with van der Waals surface area (Å²) in [5.41, 5.74) is 1.89. The Labute approximate surface area is 173 Å². The van der Waals surface area contributed by atoms with Crippen molar-refractivity contribution in [1.82, 2.24) is 5.32 Å². The highest BCUT2D eigenvalue weighted by atomic mass is 16.6. The summed E-state index contributed by atoms with van der Waals surface area (Å²) in [6.45, 7) is 8.90. The molecule has 29 heavy (non-hydrogen) atoms. The Morgan fingerprint density at radius 1 is 0.931 bits per heavy atom. The van der Waals surface area contributed by atoms with Crippen LogP contribution in [0.25, 0.3) is 11.1 Å². The Bertz CT molecular complexity index is 825. The first kappa shape index (κ1) is 21.2. The average Bonchev–Trinajstić information content (AvgIpc) is 2.92. The molecule has 1 heterocycles. The van der Waals surface area contributed by atoms with Gasteiger partial charge in [-0.2, -0.15) is 0 Å². The summed E-state index contributed by atoms with van der Waals surface area (Å²) in [5.74, 6) is 1.28. The van der Waals surface area contributed by atoms with Crippen LogP contribution in [0.2, 0.25) is 0 Å². The van der Waals surface area contributed by atoms with Crippen LogP contribution in [-0.4, -0.2) is 37.4 Å². The van der Waals surface area contributed by atoms with Gasteiger partial charge in [0.25, 0.3) is 0 Å². The van der Waals surface area contributed by atoms with Crippen LogP contribution in [0.1, 0.15) is 34.1 Å². The summed E-state index contributed by atoms with van der Waals surface area (Å²) in [6.07, 6.45) is 0.770. The Morgan fingerprint density at radius 3 is 1.97 bits per heavy atom. The maximum atomic E-state index is 12.5. The Morgan fingerprint density at radius 2 is 1.48 bits per heavy atom. The van der Waals surface area contributed by atoms with Crippen molar-refractivity contribution < 1.29 is 19.0 Å². The first-order valence-corrected chi connectivity index (χ1v) is 10.0. The number of hydrogen-bond acceptors (Lipinski definition) is 5. The fraction of sp³-hybridized carbons (Fsp3) is 0.458. The van der Waals surface area contributed by atoms with E-state index in [1.165, 1.54) is 0 Å². The van der Waals surface area contributed by atoms with E-state index in [9.17, 15) is 4.79 Å². The maximum Gasteiger partial charge on any atom is 0.310 e. The molecule has 0 aliphatic carbocycles. The molecule has 1 saturated heterocycles. The van der Waals surface area contributed by atoms with Crippen LogP contribution in [0.15, 0.2) is 48.5 Å². The minimum absolute atomic E-state index is 0.0602. The summed E-state index contributed by atoms with van der Waals surface area (Å²) >= 11 is 0. The molecule has 1 aliphatic rings. The van der Waals surface area contributed by atoms with Crippen molar-refractivity contribution in [3.63, 3.8) is 0 Å². The van der Waals surface area contributed by atoms with Crippen LogP contribution in [0.3, 0.4) is 0 Å². The molecule has 0 radical (unpaired) electrons. The van der Waals surface area contributed by atoms with Crippen LogP contribution in [-0.2, 0) is 9.53 Å². The molecule has 1 fully saturated rings. The summed E-state index contributed by atoms with van der Waals surface area (Å²) < 4.78 is 16.4. The van der Waals surface area contributed by atoms with E-state index < -0.39 is 0 Å². The lowest BCUT2D eigenvalue weighted by Gasteiger charge is -2.27. The highest BCUT2D eigenvalue weighted by molar-refractivity contribution is 5.75. The minimum Gasteiger partial charge on any atom is -0.497 e. The summed E-state index contributed by atoms with van der Waals surface area (Å²) in [4.78, 5) is 12.5. The Balaban J connectivity index is 1.46. The second-order valence-corrected chi connectivity index (χ2v) is 8.76. The number of benzene rings is 2. The second-order valence-electron chi connectivity index (χ2n) is 8.76. The third-order valence-electron chi connectivity index (χ3n) is 5.40. The van der Waals surface area contributed by atoms with Crippen LogP contribution in [0, 0.1) is 5.92 Å². The van der Waals surface area contributed by atoms with Gasteiger partial charge in [0.1, 0.15) is 24.7 Å². The highest BCUT2D eigenvalue weighted by Crippen LogP contribution is 2.36. The molecular formula is C24H31NO4. The van der Waals surface area contributed by atoms with Gasteiger partial charge in [-0.15, -0.1) is 0 Å². The number of carbonyl (C=O) groups excluding carboxylic acids is 1. The second kappa shape index (κ2) is 8.46. The molecule has 2 aromatic rings. The lowest BCUT2D eigenvalue weighted by atomic mass is 9.87. The fourth-order valence-electron chi connectivity index (χ4n) is 4.08. The predicted octanol–water partition coefficient (Wildman–Crippen LogP) is 4.45. The Hall–Kier alpha value is -2.53. The molecule has 1 atom stereocenters. The van der Waals surface area contributed by atoms with Gasteiger partial charge in [0.2, 0.25) is 0 Å². The van der Waals surface area contributed by atoms with Crippen molar-refractivity contribution in [2.45, 2.75) is 45.2 Å². The highest BCUT2D eigenvalue weighted by Gasteiger charge is 2.48. The first-order chi connectivity index (χ1) is 13.7. The third-order valence-corrected chi connectivity index (χ3v) is 5.40. The molecular weight excluding hydrogens is 366 g/mol. The van der Waals surface area contributed by atoms with Crippen LogP contribution in [0.4, 0.5) is 0 Å². The average molecular weight is 398 g/mol. The van der Waals surface area contributed by atoms with E-state index in [4.69, 9.17) is 14.2 Å². The normalized spacial score (nSPS) is 19.6. The zero-order chi connectivity index (χ0) is 21.1. The number of nitrogens with one attached hydrogen (secondary N) is 1. The Kier molecular flexibility index (Phi) is 6.18. The monoisotopic (exact) mass is 397 g/mol. The number of rotatable bonds is 7. The molecule has 0 saturated carbocycles. The molecule has 1 N–H and O–H groups in total. The van der Waals surface area contributed by atoms with Gasteiger partial charge >= 0.3 is 5.97 Å². The predicted molar refractivity (Wildman–Crippen MR) is 114 cm³/mol. The quantitative estimate of drug-likeness (QED) is 0.552. The van der Waals surface area contributed by atoms with E-state index in [0.29, 0.717) is 6.61 Å². The summed E-state index contributed by atoms with van der Waals surface area (Å²) in [6, 6.07) is 15.8. The standard InChI is InChI=1S/C24H31NO4/c1-23(2)16-21(24(3,4)25-23)22(26)29-15-14-28-20-12-8-18(9-13-20)17-6-10-19(27-5)11-7-17/h6-13,21,25H,14-16H2,1-5H3. The molecule has 0 amide bonds. The zero-order valence-corrected chi connectivity index (χ0v) is 18.0. The molecule has 2 aromatic carbocycles.